The first-order chi connectivity index (χ1) is 7.79. The van der Waals surface area contributed by atoms with E-state index in [-0.39, 0.29) is 5.91 Å². The summed E-state index contributed by atoms with van der Waals surface area (Å²) < 4.78 is 0. The van der Waals surface area contributed by atoms with E-state index < -0.39 is 0 Å². The van der Waals surface area contributed by atoms with Crippen LogP contribution in [0.3, 0.4) is 0 Å². The van der Waals surface area contributed by atoms with Crippen LogP contribution in [0.5, 0.6) is 0 Å². The number of anilines is 1. The molecule has 0 bridgehead atoms. The Bertz CT molecular complexity index is 430. The molecule has 2 aliphatic rings. The highest BCUT2D eigenvalue weighted by atomic mass is 16.2. The minimum Gasteiger partial charge on any atom is -0.316 e. The van der Waals surface area contributed by atoms with Crippen LogP contribution in [0.1, 0.15) is 24.8 Å². The lowest BCUT2D eigenvalue weighted by molar-refractivity contribution is -0.117. The Morgan fingerprint density at radius 2 is 2.25 bits per heavy atom. The second-order valence-corrected chi connectivity index (χ2v) is 4.61. The number of hydrogen-bond donors (Lipinski definition) is 1. The third-order valence-electron chi connectivity index (χ3n) is 3.71. The summed E-state index contributed by atoms with van der Waals surface area (Å²) in [6.07, 6.45) is 1.05. The van der Waals surface area contributed by atoms with Gasteiger partial charge in [0.1, 0.15) is 0 Å². The van der Waals surface area contributed by atoms with Gasteiger partial charge in [0.2, 0.25) is 5.91 Å². The molecular weight excluding hydrogens is 200 g/mol. The van der Waals surface area contributed by atoms with Crippen molar-refractivity contribution in [1.82, 2.24) is 5.32 Å². The third-order valence-corrected chi connectivity index (χ3v) is 3.71. The van der Waals surface area contributed by atoms with E-state index in [4.69, 9.17) is 0 Å². The maximum Gasteiger partial charge on any atom is 0.224 e. The van der Waals surface area contributed by atoms with Crippen molar-refractivity contribution in [3.8, 4) is 0 Å². The van der Waals surface area contributed by atoms with Gasteiger partial charge in [0.05, 0.1) is 0 Å². The SMILES string of the molecule is CC(=O)N1c2ccccc2C2CNCCC21. The Labute approximate surface area is 95.4 Å². The number of fused-ring (bicyclic) bond motifs is 3. The van der Waals surface area contributed by atoms with E-state index in [1.54, 1.807) is 6.92 Å². The molecule has 16 heavy (non-hydrogen) atoms. The Morgan fingerprint density at radius 1 is 1.44 bits per heavy atom. The minimum atomic E-state index is 0.168. The molecule has 3 nitrogen and oxygen atoms in total. The molecule has 0 aromatic heterocycles. The fraction of sp³-hybridized carbons (Fsp3) is 0.462. The van der Waals surface area contributed by atoms with Crippen LogP contribution in [0.2, 0.25) is 0 Å². The van der Waals surface area contributed by atoms with E-state index in [9.17, 15) is 4.79 Å². The largest absolute Gasteiger partial charge is 0.316 e. The maximum atomic E-state index is 11.8. The first-order valence-electron chi connectivity index (χ1n) is 5.88. The van der Waals surface area contributed by atoms with Crippen LogP contribution < -0.4 is 10.2 Å². The normalized spacial score (nSPS) is 27.4. The summed E-state index contributed by atoms with van der Waals surface area (Å²) in [5.41, 5.74) is 2.45. The first kappa shape index (κ1) is 9.85. The molecule has 84 valence electrons. The predicted molar refractivity (Wildman–Crippen MR) is 63.6 cm³/mol. The smallest absolute Gasteiger partial charge is 0.224 e. The highest BCUT2D eigenvalue weighted by Crippen LogP contribution is 2.42. The second kappa shape index (κ2) is 3.59. The Kier molecular flexibility index (Phi) is 2.21. The molecule has 3 heteroatoms. The van der Waals surface area contributed by atoms with Crippen molar-refractivity contribution in [2.75, 3.05) is 18.0 Å². The number of rotatable bonds is 0. The lowest BCUT2D eigenvalue weighted by Crippen LogP contribution is -2.45. The molecule has 1 fully saturated rings. The average molecular weight is 216 g/mol. The van der Waals surface area contributed by atoms with Crippen molar-refractivity contribution in [1.29, 1.82) is 0 Å². The number of nitrogens with one attached hydrogen (secondary N) is 1. The van der Waals surface area contributed by atoms with Gasteiger partial charge in [0.15, 0.2) is 0 Å². The molecule has 0 spiro atoms. The molecular formula is C13H16N2O. The Balaban J connectivity index is 2.09. The number of piperidine rings is 1. The zero-order valence-corrected chi connectivity index (χ0v) is 9.44. The molecule has 1 N–H and O–H groups in total. The van der Waals surface area contributed by atoms with Crippen molar-refractivity contribution in [3.05, 3.63) is 29.8 Å². The van der Waals surface area contributed by atoms with Crippen LogP contribution in [0.15, 0.2) is 24.3 Å². The number of hydrogen-bond acceptors (Lipinski definition) is 2. The summed E-state index contributed by atoms with van der Waals surface area (Å²) in [6.45, 7) is 3.67. The minimum absolute atomic E-state index is 0.168. The molecule has 2 unspecified atom stereocenters. The highest BCUT2D eigenvalue weighted by molar-refractivity contribution is 5.95. The van der Waals surface area contributed by atoms with Crippen LogP contribution in [0, 0.1) is 0 Å². The summed E-state index contributed by atoms with van der Waals surface area (Å²) in [7, 11) is 0. The molecule has 1 aromatic carbocycles. The number of nitrogens with zero attached hydrogens (tertiary/aromatic N) is 1. The number of para-hydroxylation sites is 1. The molecule has 2 heterocycles. The summed E-state index contributed by atoms with van der Waals surface area (Å²) in [5.74, 6) is 0.649. The van der Waals surface area contributed by atoms with Gasteiger partial charge >= 0.3 is 0 Å². The van der Waals surface area contributed by atoms with Crippen LogP contribution in [-0.4, -0.2) is 25.0 Å². The molecule has 1 aromatic rings. The Hall–Kier alpha value is -1.35. The fourth-order valence-electron chi connectivity index (χ4n) is 3.07. The van der Waals surface area contributed by atoms with E-state index in [0.717, 1.165) is 25.2 Å². The molecule has 3 rings (SSSR count). The zero-order valence-electron chi connectivity index (χ0n) is 9.44. The van der Waals surface area contributed by atoms with Gasteiger partial charge in [-0.15, -0.1) is 0 Å². The van der Waals surface area contributed by atoms with Gasteiger partial charge in [0, 0.05) is 31.1 Å². The van der Waals surface area contributed by atoms with Gasteiger partial charge in [-0.25, -0.2) is 0 Å². The van der Waals surface area contributed by atoms with Crippen molar-refractivity contribution in [2.45, 2.75) is 25.3 Å². The van der Waals surface area contributed by atoms with Gasteiger partial charge < -0.3 is 10.2 Å². The van der Waals surface area contributed by atoms with Crippen molar-refractivity contribution in [2.24, 2.45) is 0 Å². The Morgan fingerprint density at radius 3 is 3.06 bits per heavy atom. The van der Waals surface area contributed by atoms with Gasteiger partial charge in [-0.3, -0.25) is 4.79 Å². The van der Waals surface area contributed by atoms with E-state index in [0.29, 0.717) is 12.0 Å². The molecule has 2 aliphatic heterocycles. The first-order valence-corrected chi connectivity index (χ1v) is 5.88. The van der Waals surface area contributed by atoms with Crippen LogP contribution in [0.25, 0.3) is 0 Å². The highest BCUT2D eigenvalue weighted by Gasteiger charge is 2.41. The lowest BCUT2D eigenvalue weighted by atomic mass is 9.90. The molecule has 0 saturated carbocycles. The van der Waals surface area contributed by atoms with E-state index in [2.05, 4.69) is 23.5 Å². The van der Waals surface area contributed by atoms with Gasteiger partial charge in [-0.2, -0.15) is 0 Å². The predicted octanol–water partition coefficient (Wildman–Crippen LogP) is 1.50. The number of benzene rings is 1. The monoisotopic (exact) mass is 216 g/mol. The van der Waals surface area contributed by atoms with Gasteiger partial charge in [-0.05, 0) is 24.6 Å². The standard InChI is InChI=1S/C13H16N2O/c1-9(16)15-12-5-3-2-4-10(12)11-8-14-7-6-13(11)15/h2-5,11,13-14H,6-8H2,1H3. The quantitative estimate of drug-likeness (QED) is 0.712. The number of carbonyl (C=O) groups is 1. The van der Waals surface area contributed by atoms with Crippen LogP contribution in [0.4, 0.5) is 5.69 Å². The molecule has 0 aliphatic carbocycles. The van der Waals surface area contributed by atoms with E-state index in [1.165, 1.54) is 5.56 Å². The zero-order chi connectivity index (χ0) is 11.1. The topological polar surface area (TPSA) is 32.3 Å². The summed E-state index contributed by atoms with van der Waals surface area (Å²) in [4.78, 5) is 13.8. The number of carbonyl (C=O) groups excluding carboxylic acids is 1. The van der Waals surface area contributed by atoms with Crippen molar-refractivity contribution < 1.29 is 4.79 Å². The molecule has 1 saturated heterocycles. The average Bonchev–Trinajstić information content (AvgIpc) is 2.63. The maximum absolute atomic E-state index is 11.8. The molecule has 1 amide bonds. The van der Waals surface area contributed by atoms with E-state index >= 15 is 0 Å². The second-order valence-electron chi connectivity index (χ2n) is 4.61. The fourth-order valence-corrected chi connectivity index (χ4v) is 3.07. The lowest BCUT2D eigenvalue weighted by Gasteiger charge is -2.31. The van der Waals surface area contributed by atoms with Gasteiger partial charge in [-0.1, -0.05) is 18.2 Å². The third kappa shape index (κ3) is 1.28. The molecule has 2 atom stereocenters. The van der Waals surface area contributed by atoms with Crippen molar-refractivity contribution in [3.63, 3.8) is 0 Å². The summed E-state index contributed by atoms with van der Waals surface area (Å²) >= 11 is 0. The number of amides is 1. The molecule has 0 radical (unpaired) electrons. The van der Waals surface area contributed by atoms with Crippen molar-refractivity contribution >= 4 is 11.6 Å². The van der Waals surface area contributed by atoms with Crippen LogP contribution >= 0.6 is 0 Å². The van der Waals surface area contributed by atoms with E-state index in [1.807, 2.05) is 11.0 Å². The van der Waals surface area contributed by atoms with Crippen LogP contribution in [-0.2, 0) is 4.79 Å². The summed E-state index contributed by atoms with van der Waals surface area (Å²) in [5, 5.41) is 3.42. The van der Waals surface area contributed by atoms with Gasteiger partial charge in [0.25, 0.3) is 0 Å². The summed E-state index contributed by atoms with van der Waals surface area (Å²) in [6, 6.07) is 8.67.